The topological polar surface area (TPSA) is 61.4 Å². The zero-order valence-electron chi connectivity index (χ0n) is 10.7. The number of nitrogens with one attached hydrogen (secondary N) is 2. The predicted octanol–water partition coefficient (Wildman–Crippen LogP) is -0.173. The van der Waals surface area contributed by atoms with E-state index >= 15 is 0 Å². The number of likely N-dealkylation sites (N-methyl/N-ethyl adjacent to an activating group) is 2. The summed E-state index contributed by atoms with van der Waals surface area (Å²) in [7, 11) is 1.63. The minimum atomic E-state index is -0.110. The number of carbonyl (C=O) groups is 2. The van der Waals surface area contributed by atoms with Gasteiger partial charge in [-0.15, -0.1) is 0 Å². The van der Waals surface area contributed by atoms with E-state index in [0.717, 1.165) is 6.54 Å². The van der Waals surface area contributed by atoms with Gasteiger partial charge in [0, 0.05) is 13.6 Å². The molecule has 0 aliphatic rings. The van der Waals surface area contributed by atoms with Gasteiger partial charge in [0.2, 0.25) is 11.8 Å². The molecule has 0 radical (unpaired) electrons. The lowest BCUT2D eigenvalue weighted by molar-refractivity contribution is -0.134. The number of amides is 2. The second kappa shape index (κ2) is 8.10. The van der Waals surface area contributed by atoms with E-state index in [-0.39, 0.29) is 24.9 Å². The smallest absolute Gasteiger partial charge is 0.239 e. The van der Waals surface area contributed by atoms with Crippen LogP contribution in [0.2, 0.25) is 0 Å². The SMILES string of the molecule is CCNCC(=O)N(C)CC(=O)NCC(C)C. The number of nitrogens with zero attached hydrogens (tertiary/aromatic N) is 1. The first-order valence-electron chi connectivity index (χ1n) is 5.68. The monoisotopic (exact) mass is 229 g/mol. The first-order valence-corrected chi connectivity index (χ1v) is 5.68. The summed E-state index contributed by atoms with van der Waals surface area (Å²) >= 11 is 0. The first kappa shape index (κ1) is 14.9. The van der Waals surface area contributed by atoms with Crippen molar-refractivity contribution in [1.29, 1.82) is 0 Å². The van der Waals surface area contributed by atoms with E-state index < -0.39 is 0 Å². The summed E-state index contributed by atoms with van der Waals surface area (Å²) in [5, 5.41) is 5.70. The molecule has 0 atom stereocenters. The molecule has 94 valence electrons. The van der Waals surface area contributed by atoms with Gasteiger partial charge in [-0.1, -0.05) is 20.8 Å². The van der Waals surface area contributed by atoms with Crippen LogP contribution in [-0.2, 0) is 9.59 Å². The number of rotatable bonds is 7. The molecule has 5 nitrogen and oxygen atoms in total. The van der Waals surface area contributed by atoms with Gasteiger partial charge in [-0.3, -0.25) is 9.59 Å². The van der Waals surface area contributed by atoms with Gasteiger partial charge in [-0.25, -0.2) is 0 Å². The van der Waals surface area contributed by atoms with Crippen LogP contribution < -0.4 is 10.6 Å². The standard InChI is InChI=1S/C11H23N3O2/c1-5-12-7-11(16)14(4)8-10(15)13-6-9(2)3/h9,12H,5-8H2,1-4H3,(H,13,15). The maximum atomic E-state index is 11.5. The quantitative estimate of drug-likeness (QED) is 0.637. The Hall–Kier alpha value is -1.10. The third kappa shape index (κ3) is 7.23. The van der Waals surface area contributed by atoms with Crippen molar-refractivity contribution in [3.05, 3.63) is 0 Å². The second-order valence-electron chi connectivity index (χ2n) is 4.23. The highest BCUT2D eigenvalue weighted by atomic mass is 16.2. The van der Waals surface area contributed by atoms with E-state index in [1.807, 2.05) is 20.8 Å². The molecule has 0 saturated heterocycles. The Bertz CT molecular complexity index is 229. The average molecular weight is 229 g/mol. The maximum absolute atomic E-state index is 11.5. The normalized spacial score (nSPS) is 10.3. The zero-order chi connectivity index (χ0) is 12.6. The van der Waals surface area contributed by atoms with Gasteiger partial charge in [0.25, 0.3) is 0 Å². The molecule has 0 rings (SSSR count). The molecule has 0 fully saturated rings. The third-order valence-corrected chi connectivity index (χ3v) is 2.04. The lowest BCUT2D eigenvalue weighted by Crippen LogP contribution is -2.42. The minimum absolute atomic E-state index is 0.0680. The van der Waals surface area contributed by atoms with Crippen molar-refractivity contribution >= 4 is 11.8 Å². The van der Waals surface area contributed by atoms with Crippen LogP contribution in [0.4, 0.5) is 0 Å². The molecular formula is C11H23N3O2. The molecule has 0 aromatic carbocycles. The van der Waals surface area contributed by atoms with Crippen molar-refractivity contribution in [3.8, 4) is 0 Å². The fraction of sp³-hybridized carbons (Fsp3) is 0.818. The van der Waals surface area contributed by atoms with E-state index in [2.05, 4.69) is 10.6 Å². The van der Waals surface area contributed by atoms with Crippen molar-refractivity contribution in [1.82, 2.24) is 15.5 Å². The molecule has 16 heavy (non-hydrogen) atoms. The van der Waals surface area contributed by atoms with Crippen LogP contribution in [0.3, 0.4) is 0 Å². The molecular weight excluding hydrogens is 206 g/mol. The van der Waals surface area contributed by atoms with Gasteiger partial charge >= 0.3 is 0 Å². The van der Waals surface area contributed by atoms with Gasteiger partial charge in [-0.2, -0.15) is 0 Å². The summed E-state index contributed by atoms with van der Waals surface area (Å²) in [6, 6.07) is 0. The number of hydrogen-bond acceptors (Lipinski definition) is 3. The Morgan fingerprint density at radius 1 is 1.31 bits per heavy atom. The van der Waals surface area contributed by atoms with E-state index in [1.165, 1.54) is 4.90 Å². The molecule has 0 bridgehead atoms. The largest absolute Gasteiger partial charge is 0.354 e. The third-order valence-electron chi connectivity index (χ3n) is 2.04. The lowest BCUT2D eigenvalue weighted by atomic mass is 10.2. The van der Waals surface area contributed by atoms with Crippen LogP contribution in [0.25, 0.3) is 0 Å². The molecule has 2 N–H and O–H groups in total. The molecule has 0 aliphatic heterocycles. The van der Waals surface area contributed by atoms with Crippen molar-refractivity contribution < 1.29 is 9.59 Å². The van der Waals surface area contributed by atoms with Gasteiger partial charge < -0.3 is 15.5 Å². The molecule has 5 heteroatoms. The highest BCUT2D eigenvalue weighted by Gasteiger charge is 2.11. The molecule has 0 aromatic rings. The molecule has 0 heterocycles. The van der Waals surface area contributed by atoms with Crippen LogP contribution in [0.15, 0.2) is 0 Å². The molecule has 0 aromatic heterocycles. The summed E-state index contributed by atoms with van der Waals surface area (Å²) < 4.78 is 0. The van der Waals surface area contributed by atoms with Crippen molar-refractivity contribution in [2.24, 2.45) is 5.92 Å². The van der Waals surface area contributed by atoms with Crippen molar-refractivity contribution in [2.75, 3.05) is 33.2 Å². The fourth-order valence-electron chi connectivity index (χ4n) is 1.04. The van der Waals surface area contributed by atoms with E-state index in [4.69, 9.17) is 0 Å². The molecule has 2 amide bonds. The number of carbonyl (C=O) groups excluding carboxylic acids is 2. The van der Waals surface area contributed by atoms with E-state index in [9.17, 15) is 9.59 Å². The van der Waals surface area contributed by atoms with E-state index in [1.54, 1.807) is 7.05 Å². The van der Waals surface area contributed by atoms with Crippen molar-refractivity contribution in [2.45, 2.75) is 20.8 Å². The van der Waals surface area contributed by atoms with Crippen molar-refractivity contribution in [3.63, 3.8) is 0 Å². The summed E-state index contributed by atoms with van der Waals surface area (Å²) in [6.45, 7) is 7.79. The summed E-state index contributed by atoms with van der Waals surface area (Å²) in [4.78, 5) is 24.3. The Morgan fingerprint density at radius 2 is 1.94 bits per heavy atom. The van der Waals surface area contributed by atoms with Gasteiger partial charge in [-0.05, 0) is 12.5 Å². The Labute approximate surface area is 97.6 Å². The van der Waals surface area contributed by atoms with Crippen LogP contribution in [0.5, 0.6) is 0 Å². The summed E-state index contributed by atoms with van der Waals surface area (Å²) in [6.07, 6.45) is 0. The van der Waals surface area contributed by atoms with Crippen LogP contribution in [0, 0.1) is 5.92 Å². The fourth-order valence-corrected chi connectivity index (χ4v) is 1.04. The average Bonchev–Trinajstić information content (AvgIpc) is 2.22. The summed E-state index contributed by atoms with van der Waals surface area (Å²) in [5.41, 5.74) is 0. The molecule has 0 spiro atoms. The molecule has 0 saturated carbocycles. The van der Waals surface area contributed by atoms with Gasteiger partial charge in [0.15, 0.2) is 0 Å². The lowest BCUT2D eigenvalue weighted by Gasteiger charge is -2.17. The Morgan fingerprint density at radius 3 is 2.44 bits per heavy atom. The summed E-state index contributed by atoms with van der Waals surface area (Å²) in [5.74, 6) is 0.245. The maximum Gasteiger partial charge on any atom is 0.239 e. The minimum Gasteiger partial charge on any atom is -0.354 e. The highest BCUT2D eigenvalue weighted by molar-refractivity contribution is 5.85. The first-order chi connectivity index (χ1) is 7.47. The molecule has 0 aliphatic carbocycles. The van der Waals surface area contributed by atoms with Crippen LogP contribution in [-0.4, -0.2) is 49.9 Å². The Balaban J connectivity index is 3.80. The van der Waals surface area contributed by atoms with Crippen LogP contribution >= 0.6 is 0 Å². The van der Waals surface area contributed by atoms with Gasteiger partial charge in [0.05, 0.1) is 13.1 Å². The van der Waals surface area contributed by atoms with Gasteiger partial charge in [0.1, 0.15) is 0 Å². The highest BCUT2D eigenvalue weighted by Crippen LogP contribution is 1.88. The number of hydrogen-bond donors (Lipinski definition) is 2. The second-order valence-corrected chi connectivity index (χ2v) is 4.23. The van der Waals surface area contributed by atoms with E-state index in [0.29, 0.717) is 12.5 Å². The molecule has 0 unspecified atom stereocenters. The predicted molar refractivity (Wildman–Crippen MR) is 64.0 cm³/mol. The Kier molecular flexibility index (Phi) is 7.54. The zero-order valence-corrected chi connectivity index (χ0v) is 10.7. The van der Waals surface area contributed by atoms with Crippen LogP contribution in [0.1, 0.15) is 20.8 Å².